The Kier molecular flexibility index (Phi) is 5.95. The third-order valence-corrected chi connectivity index (χ3v) is 5.35. The fourth-order valence-electron chi connectivity index (χ4n) is 3.83. The number of carbonyl (C=O) groups is 2. The van der Waals surface area contributed by atoms with Gasteiger partial charge in [0, 0.05) is 30.4 Å². The number of amides is 2. The van der Waals surface area contributed by atoms with Crippen LogP contribution in [0.1, 0.15) is 50.5 Å². The molecule has 2 fully saturated rings. The van der Waals surface area contributed by atoms with Crippen molar-refractivity contribution >= 4 is 23.2 Å². The molecule has 2 N–H and O–H groups in total. The normalized spacial score (nSPS) is 18.2. The monoisotopic (exact) mass is 343 g/mol. The molecule has 0 unspecified atom stereocenters. The van der Waals surface area contributed by atoms with E-state index in [1.165, 1.54) is 24.9 Å². The number of benzene rings is 1. The van der Waals surface area contributed by atoms with E-state index in [0.717, 1.165) is 50.0 Å². The van der Waals surface area contributed by atoms with Crippen LogP contribution in [-0.2, 0) is 9.59 Å². The van der Waals surface area contributed by atoms with Crippen molar-refractivity contribution in [3.8, 4) is 0 Å². The molecule has 136 valence electrons. The highest BCUT2D eigenvalue weighted by molar-refractivity contribution is 5.95. The van der Waals surface area contributed by atoms with Crippen LogP contribution in [0.25, 0.3) is 0 Å². The van der Waals surface area contributed by atoms with Crippen molar-refractivity contribution in [2.45, 2.75) is 51.9 Å². The van der Waals surface area contributed by atoms with Crippen LogP contribution in [-0.4, -0.2) is 31.4 Å². The number of nitrogens with one attached hydrogen (secondary N) is 2. The first-order chi connectivity index (χ1) is 12.1. The van der Waals surface area contributed by atoms with Crippen LogP contribution in [0, 0.1) is 12.8 Å². The Hall–Kier alpha value is -2.04. The van der Waals surface area contributed by atoms with E-state index in [1.54, 1.807) is 0 Å². The van der Waals surface area contributed by atoms with Crippen LogP contribution in [0.5, 0.6) is 0 Å². The Balaban J connectivity index is 1.49. The standard InChI is InChI=1S/C20H29N3O2/c1-15-13-17(23-11-5-6-12-23)9-10-18(15)22-19(24)14-21-20(25)16-7-3-2-4-8-16/h9-10,13,16H,2-8,11-12,14H2,1H3,(H,21,25)(H,22,24). The molecule has 1 aliphatic carbocycles. The van der Waals surface area contributed by atoms with E-state index in [9.17, 15) is 9.59 Å². The van der Waals surface area contributed by atoms with Crippen molar-refractivity contribution < 1.29 is 9.59 Å². The van der Waals surface area contributed by atoms with Crippen LogP contribution in [0.3, 0.4) is 0 Å². The fourth-order valence-corrected chi connectivity index (χ4v) is 3.83. The molecule has 2 aliphatic rings. The lowest BCUT2D eigenvalue weighted by molar-refractivity contribution is -0.128. The molecule has 3 rings (SSSR count). The average molecular weight is 343 g/mol. The van der Waals surface area contributed by atoms with Crippen LogP contribution < -0.4 is 15.5 Å². The quantitative estimate of drug-likeness (QED) is 0.863. The summed E-state index contributed by atoms with van der Waals surface area (Å²) in [5.41, 5.74) is 3.09. The van der Waals surface area contributed by atoms with E-state index in [-0.39, 0.29) is 24.3 Å². The third-order valence-electron chi connectivity index (χ3n) is 5.35. The summed E-state index contributed by atoms with van der Waals surface area (Å²) in [6, 6.07) is 6.15. The SMILES string of the molecule is Cc1cc(N2CCCC2)ccc1NC(=O)CNC(=O)C1CCCCC1. The van der Waals surface area contributed by atoms with Gasteiger partial charge in [0.25, 0.3) is 0 Å². The summed E-state index contributed by atoms with van der Waals surface area (Å²) in [5, 5.41) is 5.70. The van der Waals surface area contributed by atoms with E-state index in [0.29, 0.717) is 0 Å². The maximum atomic E-state index is 12.2. The molecule has 0 bridgehead atoms. The first kappa shape index (κ1) is 17.8. The zero-order valence-corrected chi connectivity index (χ0v) is 15.1. The zero-order chi connectivity index (χ0) is 17.6. The average Bonchev–Trinajstić information content (AvgIpc) is 3.17. The summed E-state index contributed by atoms with van der Waals surface area (Å²) in [5.74, 6) is -0.0554. The maximum absolute atomic E-state index is 12.2. The van der Waals surface area contributed by atoms with Gasteiger partial charge in [-0.25, -0.2) is 0 Å². The number of carbonyl (C=O) groups excluding carboxylic acids is 2. The predicted octanol–water partition coefficient (Wildman–Crippen LogP) is 3.23. The van der Waals surface area contributed by atoms with Gasteiger partial charge >= 0.3 is 0 Å². The topological polar surface area (TPSA) is 61.4 Å². The summed E-state index contributed by atoms with van der Waals surface area (Å²) in [6.07, 6.45) is 7.85. The van der Waals surface area contributed by atoms with Gasteiger partial charge < -0.3 is 15.5 Å². The fraction of sp³-hybridized carbons (Fsp3) is 0.600. The second kappa shape index (κ2) is 8.37. The molecule has 0 spiro atoms. The summed E-state index contributed by atoms with van der Waals surface area (Å²) in [4.78, 5) is 26.7. The number of hydrogen-bond acceptors (Lipinski definition) is 3. The van der Waals surface area contributed by atoms with Crippen molar-refractivity contribution in [1.29, 1.82) is 0 Å². The highest BCUT2D eigenvalue weighted by Gasteiger charge is 2.21. The Bertz CT molecular complexity index is 617. The Morgan fingerprint density at radius 1 is 1.08 bits per heavy atom. The van der Waals surface area contributed by atoms with Gasteiger partial charge in [-0.1, -0.05) is 19.3 Å². The number of anilines is 2. The lowest BCUT2D eigenvalue weighted by Gasteiger charge is -2.21. The molecule has 1 heterocycles. The summed E-state index contributed by atoms with van der Waals surface area (Å²) >= 11 is 0. The highest BCUT2D eigenvalue weighted by atomic mass is 16.2. The van der Waals surface area contributed by atoms with Crippen molar-refractivity contribution in [1.82, 2.24) is 5.32 Å². The second-order valence-corrected chi connectivity index (χ2v) is 7.29. The van der Waals surface area contributed by atoms with Gasteiger partial charge in [-0.2, -0.15) is 0 Å². The smallest absolute Gasteiger partial charge is 0.243 e. The van der Waals surface area contributed by atoms with Gasteiger partial charge in [0.05, 0.1) is 6.54 Å². The molecule has 1 saturated carbocycles. The molecule has 1 aromatic carbocycles. The molecular formula is C20H29N3O2. The molecule has 0 radical (unpaired) electrons. The van der Waals surface area contributed by atoms with Gasteiger partial charge in [0.1, 0.15) is 0 Å². The molecule has 1 aromatic rings. The molecule has 0 aromatic heterocycles. The summed E-state index contributed by atoms with van der Waals surface area (Å²) < 4.78 is 0. The number of rotatable bonds is 5. The molecule has 25 heavy (non-hydrogen) atoms. The van der Waals surface area contributed by atoms with E-state index in [1.807, 2.05) is 13.0 Å². The minimum absolute atomic E-state index is 0.0240. The minimum atomic E-state index is -0.166. The molecule has 1 saturated heterocycles. The molecule has 2 amide bonds. The Morgan fingerprint density at radius 3 is 2.48 bits per heavy atom. The number of nitrogens with zero attached hydrogens (tertiary/aromatic N) is 1. The lowest BCUT2D eigenvalue weighted by atomic mass is 9.89. The van der Waals surface area contributed by atoms with Crippen molar-refractivity contribution in [3.63, 3.8) is 0 Å². The van der Waals surface area contributed by atoms with Gasteiger partial charge in [-0.05, 0) is 56.4 Å². The molecule has 5 heteroatoms. The number of hydrogen-bond donors (Lipinski definition) is 2. The highest BCUT2D eigenvalue weighted by Crippen LogP contribution is 2.26. The largest absolute Gasteiger partial charge is 0.372 e. The Morgan fingerprint density at radius 2 is 1.80 bits per heavy atom. The van der Waals surface area contributed by atoms with E-state index < -0.39 is 0 Å². The van der Waals surface area contributed by atoms with E-state index in [2.05, 4.69) is 27.7 Å². The second-order valence-electron chi connectivity index (χ2n) is 7.29. The summed E-state index contributed by atoms with van der Waals surface area (Å²) in [7, 11) is 0. The van der Waals surface area contributed by atoms with Gasteiger partial charge in [-0.15, -0.1) is 0 Å². The predicted molar refractivity (Wildman–Crippen MR) is 101 cm³/mol. The summed E-state index contributed by atoms with van der Waals surface area (Å²) in [6.45, 7) is 4.27. The van der Waals surface area contributed by atoms with Gasteiger partial charge in [0.2, 0.25) is 11.8 Å². The molecule has 5 nitrogen and oxygen atoms in total. The van der Waals surface area contributed by atoms with Gasteiger partial charge in [-0.3, -0.25) is 9.59 Å². The first-order valence-electron chi connectivity index (χ1n) is 9.56. The van der Waals surface area contributed by atoms with Crippen LogP contribution >= 0.6 is 0 Å². The minimum Gasteiger partial charge on any atom is -0.372 e. The van der Waals surface area contributed by atoms with E-state index in [4.69, 9.17) is 0 Å². The molecule has 0 atom stereocenters. The lowest BCUT2D eigenvalue weighted by Crippen LogP contribution is -2.37. The zero-order valence-electron chi connectivity index (χ0n) is 15.1. The Labute approximate surface area is 150 Å². The molecule has 1 aliphatic heterocycles. The van der Waals surface area contributed by atoms with Crippen LogP contribution in [0.4, 0.5) is 11.4 Å². The van der Waals surface area contributed by atoms with Gasteiger partial charge in [0.15, 0.2) is 0 Å². The van der Waals surface area contributed by atoms with Crippen LogP contribution in [0.2, 0.25) is 0 Å². The third kappa shape index (κ3) is 4.74. The number of aryl methyl sites for hydroxylation is 1. The first-order valence-corrected chi connectivity index (χ1v) is 9.56. The van der Waals surface area contributed by atoms with Crippen molar-refractivity contribution in [2.75, 3.05) is 29.9 Å². The van der Waals surface area contributed by atoms with Crippen molar-refractivity contribution in [2.24, 2.45) is 5.92 Å². The maximum Gasteiger partial charge on any atom is 0.243 e. The van der Waals surface area contributed by atoms with Crippen molar-refractivity contribution in [3.05, 3.63) is 23.8 Å². The van der Waals surface area contributed by atoms with Crippen LogP contribution in [0.15, 0.2) is 18.2 Å². The van der Waals surface area contributed by atoms with E-state index >= 15 is 0 Å². The molecular weight excluding hydrogens is 314 g/mol.